The minimum Gasteiger partial charge on any atom is -0.309 e. The van der Waals surface area contributed by atoms with E-state index in [9.17, 15) is 0 Å². The molecule has 0 aromatic heterocycles. The molecule has 10 aromatic carbocycles. The molecule has 2 nitrogen and oxygen atoms in total. The number of nitrogens with zero attached hydrogens (tertiary/aromatic N) is 2. The van der Waals surface area contributed by atoms with E-state index in [1.807, 2.05) is 0 Å². The quantitative estimate of drug-likeness (QED) is 0.128. The molecule has 0 heterocycles. The van der Waals surface area contributed by atoms with Gasteiger partial charge < -0.3 is 9.80 Å². The van der Waals surface area contributed by atoms with Crippen molar-refractivity contribution in [3.63, 3.8) is 0 Å². The lowest BCUT2D eigenvalue weighted by Gasteiger charge is -2.32. The molecule has 66 heavy (non-hydrogen) atoms. The first kappa shape index (κ1) is 41.8. The first-order chi connectivity index (χ1) is 32.4. The van der Waals surface area contributed by atoms with Crippen LogP contribution in [0.15, 0.2) is 243 Å². The second-order valence-corrected chi connectivity index (χ2v) is 17.2. The van der Waals surface area contributed by atoms with Crippen LogP contribution in [0.2, 0.25) is 0 Å². The molecule has 0 radical (unpaired) electrons. The van der Waals surface area contributed by atoms with Gasteiger partial charge in [-0.3, -0.25) is 0 Å². The fourth-order valence-corrected chi connectivity index (χ4v) is 9.31. The van der Waals surface area contributed by atoms with E-state index >= 15 is 0 Å². The monoisotopic (exact) mass is 848 g/mol. The molecule has 0 saturated heterocycles. The number of para-hydroxylation sites is 2. The molecule has 2 heteroatoms. The summed E-state index contributed by atoms with van der Waals surface area (Å²) in [4.78, 5) is 4.93. The van der Waals surface area contributed by atoms with E-state index in [4.69, 9.17) is 0 Å². The van der Waals surface area contributed by atoms with Crippen molar-refractivity contribution in [1.29, 1.82) is 0 Å². The molecule has 0 bridgehead atoms. The summed E-state index contributed by atoms with van der Waals surface area (Å²) in [5, 5.41) is 0. The van der Waals surface area contributed by atoms with Crippen molar-refractivity contribution in [1.82, 2.24) is 0 Å². The predicted octanol–water partition coefficient (Wildman–Crippen LogP) is 18.2. The van der Waals surface area contributed by atoms with E-state index in [1.54, 1.807) is 0 Å². The van der Waals surface area contributed by atoms with Gasteiger partial charge in [-0.05, 0) is 121 Å². The summed E-state index contributed by atoms with van der Waals surface area (Å²) < 4.78 is 0. The molecular formula is C64H52N2. The van der Waals surface area contributed by atoms with Gasteiger partial charge in [-0.1, -0.05) is 205 Å². The molecule has 318 valence electrons. The lowest BCUT2D eigenvalue weighted by Crippen LogP contribution is -2.14. The second-order valence-electron chi connectivity index (χ2n) is 17.2. The van der Waals surface area contributed by atoms with Crippen molar-refractivity contribution in [2.45, 2.75) is 27.7 Å². The van der Waals surface area contributed by atoms with Gasteiger partial charge in [0.25, 0.3) is 0 Å². The highest BCUT2D eigenvalue weighted by molar-refractivity contribution is 6.00. The third-order valence-electron chi connectivity index (χ3n) is 12.7. The summed E-state index contributed by atoms with van der Waals surface area (Å²) >= 11 is 0. The lowest BCUT2D eigenvalue weighted by molar-refractivity contribution is 1.24. The number of hydrogen-bond acceptors (Lipinski definition) is 2. The van der Waals surface area contributed by atoms with Gasteiger partial charge in [0.2, 0.25) is 0 Å². The van der Waals surface area contributed by atoms with Crippen molar-refractivity contribution >= 4 is 34.1 Å². The van der Waals surface area contributed by atoms with Gasteiger partial charge in [0, 0.05) is 45.0 Å². The highest BCUT2D eigenvalue weighted by Gasteiger charge is 2.25. The van der Waals surface area contributed by atoms with Gasteiger partial charge in [-0.2, -0.15) is 0 Å². The third kappa shape index (κ3) is 8.33. The Morgan fingerprint density at radius 3 is 0.803 bits per heavy atom. The standard InChI is InChI=1S/C64H52N2/c1-45-31-37-55(38-32-45)65(63-57(49-19-9-5-10-20-49)27-17-28-58(63)50-21-11-6-12-22-50)61-41-35-53(43-47(61)3)54-36-42-62(48(4)44-54)66(56-39-33-46(2)34-40-56)64-59(51-23-13-7-14-24-51)29-18-30-60(64)52-25-15-8-16-26-52/h5-44H,1-4H3. The molecule has 0 unspecified atom stereocenters. The van der Waals surface area contributed by atoms with Crippen LogP contribution in [0.1, 0.15) is 22.3 Å². The Morgan fingerprint density at radius 2 is 0.530 bits per heavy atom. The van der Waals surface area contributed by atoms with E-state index in [2.05, 4.69) is 280 Å². The molecule has 10 aromatic rings. The lowest BCUT2D eigenvalue weighted by atomic mass is 9.93. The molecular weight excluding hydrogens is 797 g/mol. The summed E-state index contributed by atoms with van der Waals surface area (Å²) in [6.07, 6.45) is 0. The summed E-state index contributed by atoms with van der Waals surface area (Å²) in [5.74, 6) is 0. The zero-order valence-electron chi connectivity index (χ0n) is 38.0. The van der Waals surface area contributed by atoms with Gasteiger partial charge in [-0.15, -0.1) is 0 Å². The highest BCUT2D eigenvalue weighted by atomic mass is 15.2. The Balaban J connectivity index is 1.12. The van der Waals surface area contributed by atoms with Gasteiger partial charge >= 0.3 is 0 Å². The van der Waals surface area contributed by atoms with Crippen molar-refractivity contribution < 1.29 is 0 Å². The van der Waals surface area contributed by atoms with E-state index in [0.717, 1.165) is 34.1 Å². The maximum atomic E-state index is 2.46. The molecule has 0 amide bonds. The van der Waals surface area contributed by atoms with Crippen molar-refractivity contribution in [3.05, 3.63) is 265 Å². The minimum atomic E-state index is 1.11. The fourth-order valence-electron chi connectivity index (χ4n) is 9.31. The maximum absolute atomic E-state index is 2.46. The van der Waals surface area contributed by atoms with Crippen LogP contribution in [-0.4, -0.2) is 0 Å². The van der Waals surface area contributed by atoms with Crippen molar-refractivity contribution in [2.75, 3.05) is 9.80 Å². The Labute approximate surface area is 390 Å². The van der Waals surface area contributed by atoms with Crippen LogP contribution in [-0.2, 0) is 0 Å². The van der Waals surface area contributed by atoms with Crippen LogP contribution < -0.4 is 9.80 Å². The van der Waals surface area contributed by atoms with Crippen LogP contribution in [0.25, 0.3) is 55.6 Å². The SMILES string of the molecule is Cc1ccc(N(c2ccc(-c3ccc(N(c4ccc(C)cc4)c4c(-c5ccccc5)cccc4-c4ccccc4)c(C)c3)cc2C)c2c(-c3ccccc3)cccc2-c2ccccc2)cc1. The van der Waals surface area contributed by atoms with Gasteiger partial charge in [0.15, 0.2) is 0 Å². The van der Waals surface area contributed by atoms with Crippen LogP contribution in [0.4, 0.5) is 34.1 Å². The van der Waals surface area contributed by atoms with E-state index in [-0.39, 0.29) is 0 Å². The van der Waals surface area contributed by atoms with Gasteiger partial charge in [0.05, 0.1) is 11.4 Å². The van der Waals surface area contributed by atoms with Crippen LogP contribution in [0, 0.1) is 27.7 Å². The molecule has 0 N–H and O–H groups in total. The largest absolute Gasteiger partial charge is 0.309 e. The molecule has 0 spiro atoms. The normalized spacial score (nSPS) is 11.0. The number of benzene rings is 10. The number of rotatable bonds is 11. The molecule has 10 rings (SSSR count). The topological polar surface area (TPSA) is 6.48 Å². The van der Waals surface area contributed by atoms with Crippen molar-refractivity contribution in [2.24, 2.45) is 0 Å². The summed E-state index contributed by atoms with van der Waals surface area (Å²) in [6.45, 7) is 8.80. The summed E-state index contributed by atoms with van der Waals surface area (Å²) in [7, 11) is 0. The molecule has 0 saturated carbocycles. The molecule has 0 aliphatic heterocycles. The Hall–Kier alpha value is -8.20. The van der Waals surface area contributed by atoms with Crippen molar-refractivity contribution in [3.8, 4) is 55.6 Å². The number of aryl methyl sites for hydroxylation is 4. The third-order valence-corrected chi connectivity index (χ3v) is 12.7. The highest BCUT2D eigenvalue weighted by Crippen LogP contribution is 2.50. The smallest absolute Gasteiger partial charge is 0.0618 e. The van der Waals surface area contributed by atoms with Crippen LogP contribution >= 0.6 is 0 Å². The average Bonchev–Trinajstić information content (AvgIpc) is 3.37. The summed E-state index contributed by atoms with van der Waals surface area (Å²) in [5.41, 5.74) is 23.4. The van der Waals surface area contributed by atoms with Gasteiger partial charge in [0.1, 0.15) is 0 Å². The minimum absolute atomic E-state index is 1.11. The maximum Gasteiger partial charge on any atom is 0.0618 e. The Bertz CT molecular complexity index is 2910. The second kappa shape index (κ2) is 18.5. The Morgan fingerprint density at radius 1 is 0.242 bits per heavy atom. The zero-order valence-corrected chi connectivity index (χ0v) is 38.0. The first-order valence-corrected chi connectivity index (χ1v) is 22.8. The molecule has 0 fully saturated rings. The number of hydrogen-bond donors (Lipinski definition) is 0. The summed E-state index contributed by atoms with van der Waals surface area (Å²) in [6, 6.07) is 88.3. The van der Waals surface area contributed by atoms with Crippen LogP contribution in [0.5, 0.6) is 0 Å². The molecule has 0 aliphatic carbocycles. The van der Waals surface area contributed by atoms with E-state index in [1.165, 1.54) is 77.9 Å². The molecule has 0 aliphatic rings. The van der Waals surface area contributed by atoms with E-state index < -0.39 is 0 Å². The fraction of sp³-hybridized carbons (Fsp3) is 0.0625. The average molecular weight is 849 g/mol. The zero-order chi connectivity index (χ0) is 45.0. The Kier molecular flexibility index (Phi) is 11.7. The first-order valence-electron chi connectivity index (χ1n) is 22.8. The number of anilines is 6. The molecule has 0 atom stereocenters. The van der Waals surface area contributed by atoms with Gasteiger partial charge in [-0.25, -0.2) is 0 Å². The van der Waals surface area contributed by atoms with E-state index in [0.29, 0.717) is 0 Å². The van der Waals surface area contributed by atoms with Crippen LogP contribution in [0.3, 0.4) is 0 Å². The predicted molar refractivity (Wildman–Crippen MR) is 282 cm³/mol.